The molecule has 162 valence electrons. The number of nitrogens with zero attached hydrogens (tertiary/aromatic N) is 2. The Labute approximate surface area is 167 Å². The van der Waals surface area contributed by atoms with E-state index in [1.807, 2.05) is 0 Å². The number of nitrogens with two attached hydrogens (primary N) is 2. The van der Waals surface area contributed by atoms with Gasteiger partial charge in [0.25, 0.3) is 0 Å². The second-order valence-electron chi connectivity index (χ2n) is 7.26. The minimum absolute atomic E-state index is 0.00618. The van der Waals surface area contributed by atoms with Crippen LogP contribution in [0.5, 0.6) is 0 Å². The third kappa shape index (κ3) is 6.04. The molecule has 2 amide bonds. The Kier molecular flexibility index (Phi) is 7.76. The van der Waals surface area contributed by atoms with Crippen molar-refractivity contribution in [3.8, 4) is 0 Å². The third-order valence-corrected chi connectivity index (χ3v) is 5.25. The molecule has 0 aromatic rings. The van der Waals surface area contributed by atoms with Gasteiger partial charge in [0, 0.05) is 13.1 Å². The van der Waals surface area contributed by atoms with Gasteiger partial charge < -0.3 is 37.2 Å². The zero-order valence-corrected chi connectivity index (χ0v) is 16.0. The number of aliphatic imine (C=N–C) groups is 1. The van der Waals surface area contributed by atoms with Crippen LogP contribution in [0.2, 0.25) is 0 Å². The number of piperidine rings is 1. The number of hydrogen-bond acceptors (Lipinski definition) is 6. The Bertz CT molecular complexity index is 679. The molecule has 0 unspecified atom stereocenters. The van der Waals surface area contributed by atoms with Crippen LogP contribution >= 0.6 is 0 Å². The van der Waals surface area contributed by atoms with E-state index in [0.29, 0.717) is 32.4 Å². The molecule has 29 heavy (non-hydrogen) atoms. The first-order valence-electron chi connectivity index (χ1n) is 9.55. The molecule has 0 bridgehead atoms. The van der Waals surface area contributed by atoms with E-state index in [0.717, 1.165) is 11.3 Å². The van der Waals surface area contributed by atoms with Crippen molar-refractivity contribution in [2.45, 2.75) is 50.2 Å². The van der Waals surface area contributed by atoms with Crippen LogP contribution in [0.3, 0.4) is 0 Å². The SMILES string of the molecule is NC(N)=NCC[C@H]1CCN[C@@H]1C(=O)N[C@H]1CCCN([C@@H](CC(=O)O)C(=O)O)C1=O. The van der Waals surface area contributed by atoms with E-state index >= 15 is 0 Å². The Morgan fingerprint density at radius 2 is 2.00 bits per heavy atom. The quantitative estimate of drug-likeness (QED) is 0.177. The van der Waals surface area contributed by atoms with Crippen molar-refractivity contribution >= 4 is 29.7 Å². The van der Waals surface area contributed by atoms with Crippen LogP contribution in [0.4, 0.5) is 0 Å². The molecular weight excluding hydrogens is 384 g/mol. The van der Waals surface area contributed by atoms with Gasteiger partial charge in [-0.3, -0.25) is 19.4 Å². The molecular formula is C17H28N6O6. The van der Waals surface area contributed by atoms with Gasteiger partial charge in [0.2, 0.25) is 11.8 Å². The first kappa shape index (κ1) is 22.4. The number of likely N-dealkylation sites (tertiary alicyclic amines) is 1. The van der Waals surface area contributed by atoms with E-state index in [9.17, 15) is 24.3 Å². The molecule has 0 aromatic carbocycles. The second-order valence-corrected chi connectivity index (χ2v) is 7.26. The number of rotatable bonds is 9. The summed E-state index contributed by atoms with van der Waals surface area (Å²) in [5, 5.41) is 24.0. The first-order chi connectivity index (χ1) is 13.7. The van der Waals surface area contributed by atoms with E-state index in [4.69, 9.17) is 16.6 Å². The third-order valence-electron chi connectivity index (χ3n) is 5.25. The predicted molar refractivity (Wildman–Crippen MR) is 102 cm³/mol. The molecule has 0 radical (unpaired) electrons. The summed E-state index contributed by atoms with van der Waals surface area (Å²) in [6.45, 7) is 1.18. The van der Waals surface area contributed by atoms with Gasteiger partial charge in [-0.15, -0.1) is 0 Å². The van der Waals surface area contributed by atoms with Gasteiger partial charge in [0.05, 0.1) is 12.5 Å². The summed E-state index contributed by atoms with van der Waals surface area (Å²) in [5.41, 5.74) is 10.6. The molecule has 4 atom stereocenters. The van der Waals surface area contributed by atoms with Crippen LogP contribution in [0.15, 0.2) is 4.99 Å². The molecule has 12 nitrogen and oxygen atoms in total. The van der Waals surface area contributed by atoms with E-state index < -0.39 is 42.4 Å². The number of nitrogens with one attached hydrogen (secondary N) is 2. The van der Waals surface area contributed by atoms with Crippen molar-refractivity contribution < 1.29 is 29.4 Å². The maximum atomic E-state index is 12.7. The normalized spacial score (nSPS) is 25.3. The summed E-state index contributed by atoms with van der Waals surface area (Å²) in [5.74, 6) is -3.62. The van der Waals surface area contributed by atoms with E-state index in [1.54, 1.807) is 0 Å². The fraction of sp³-hybridized carbons (Fsp3) is 0.706. The molecule has 2 fully saturated rings. The van der Waals surface area contributed by atoms with Crippen molar-refractivity contribution in [3.05, 3.63) is 0 Å². The van der Waals surface area contributed by atoms with Crippen molar-refractivity contribution in [3.63, 3.8) is 0 Å². The lowest BCUT2D eigenvalue weighted by Crippen LogP contribution is -2.59. The fourth-order valence-electron chi connectivity index (χ4n) is 3.84. The molecule has 8 N–H and O–H groups in total. The standard InChI is InChI=1S/C17H28N6O6/c18-17(19)21-6-4-9-3-5-20-13(9)14(26)22-10-2-1-7-23(15(10)27)11(16(28)29)8-12(24)25/h9-11,13,20H,1-8H2,(H,22,26)(H,24,25)(H,28,29)(H4,18,19,21)/t9-,10+,11+,13+/m1/s1. The molecule has 12 heteroatoms. The molecule has 0 aromatic heterocycles. The summed E-state index contributed by atoms with van der Waals surface area (Å²) >= 11 is 0. The van der Waals surface area contributed by atoms with Crippen LogP contribution in [0.25, 0.3) is 0 Å². The highest BCUT2D eigenvalue weighted by Crippen LogP contribution is 2.22. The number of carbonyl (C=O) groups is 4. The summed E-state index contributed by atoms with van der Waals surface area (Å²) in [7, 11) is 0. The van der Waals surface area contributed by atoms with Crippen molar-refractivity contribution in [1.82, 2.24) is 15.5 Å². The van der Waals surface area contributed by atoms with Gasteiger partial charge in [-0.1, -0.05) is 0 Å². The van der Waals surface area contributed by atoms with Crippen LogP contribution < -0.4 is 22.1 Å². The maximum absolute atomic E-state index is 12.7. The van der Waals surface area contributed by atoms with E-state index in [1.165, 1.54) is 0 Å². The van der Waals surface area contributed by atoms with Gasteiger partial charge in [-0.25, -0.2) is 4.79 Å². The average Bonchev–Trinajstić information content (AvgIpc) is 3.09. The summed E-state index contributed by atoms with van der Waals surface area (Å²) in [4.78, 5) is 52.8. The smallest absolute Gasteiger partial charge is 0.327 e. The van der Waals surface area contributed by atoms with Crippen molar-refractivity contribution in [2.24, 2.45) is 22.4 Å². The molecule has 2 aliphatic heterocycles. The van der Waals surface area contributed by atoms with Gasteiger partial charge in [-0.05, 0) is 38.1 Å². The highest BCUT2D eigenvalue weighted by molar-refractivity contribution is 5.93. The Balaban J connectivity index is 2.00. The molecule has 2 rings (SSSR count). The lowest BCUT2D eigenvalue weighted by atomic mass is 9.95. The Morgan fingerprint density at radius 3 is 2.62 bits per heavy atom. The van der Waals surface area contributed by atoms with Gasteiger partial charge in [-0.2, -0.15) is 0 Å². The Morgan fingerprint density at radius 1 is 1.28 bits per heavy atom. The lowest BCUT2D eigenvalue weighted by Gasteiger charge is -2.36. The van der Waals surface area contributed by atoms with Crippen LogP contribution in [-0.4, -0.2) is 82.6 Å². The molecule has 2 aliphatic rings. The summed E-state index contributed by atoms with van der Waals surface area (Å²) < 4.78 is 0. The summed E-state index contributed by atoms with van der Waals surface area (Å²) in [6, 6.07) is -2.84. The second kappa shape index (κ2) is 10.0. The van der Waals surface area contributed by atoms with Gasteiger partial charge >= 0.3 is 11.9 Å². The first-order valence-corrected chi connectivity index (χ1v) is 9.55. The monoisotopic (exact) mass is 412 g/mol. The van der Waals surface area contributed by atoms with Gasteiger partial charge in [0.1, 0.15) is 12.1 Å². The maximum Gasteiger partial charge on any atom is 0.327 e. The van der Waals surface area contributed by atoms with E-state index in [2.05, 4.69) is 15.6 Å². The largest absolute Gasteiger partial charge is 0.481 e. The number of guanidine groups is 1. The van der Waals surface area contributed by atoms with Crippen LogP contribution in [0, 0.1) is 5.92 Å². The lowest BCUT2D eigenvalue weighted by molar-refractivity contribution is -0.157. The highest BCUT2D eigenvalue weighted by atomic mass is 16.4. The molecule has 2 heterocycles. The number of carboxylic acid groups (broad SMARTS) is 2. The fourth-order valence-corrected chi connectivity index (χ4v) is 3.84. The number of hydrogen-bond donors (Lipinski definition) is 6. The number of amides is 2. The van der Waals surface area contributed by atoms with Crippen LogP contribution in [-0.2, 0) is 19.2 Å². The average molecular weight is 412 g/mol. The molecule has 0 aliphatic carbocycles. The highest BCUT2D eigenvalue weighted by Gasteiger charge is 2.40. The number of aliphatic carboxylic acids is 2. The van der Waals surface area contributed by atoms with Crippen LogP contribution in [0.1, 0.15) is 32.1 Å². The molecule has 2 saturated heterocycles. The minimum atomic E-state index is -1.46. The Hall–Kier alpha value is -2.89. The topological polar surface area (TPSA) is 200 Å². The molecule has 0 spiro atoms. The van der Waals surface area contributed by atoms with Crippen molar-refractivity contribution in [1.29, 1.82) is 0 Å². The predicted octanol–water partition coefficient (Wildman–Crippen LogP) is -2.34. The van der Waals surface area contributed by atoms with Crippen molar-refractivity contribution in [2.75, 3.05) is 19.6 Å². The summed E-state index contributed by atoms with van der Waals surface area (Å²) in [6.07, 6.45) is 1.51. The van der Waals surface area contributed by atoms with E-state index in [-0.39, 0.29) is 24.3 Å². The zero-order valence-electron chi connectivity index (χ0n) is 16.0. The minimum Gasteiger partial charge on any atom is -0.481 e. The van der Waals surface area contributed by atoms with Gasteiger partial charge in [0.15, 0.2) is 5.96 Å². The zero-order chi connectivity index (χ0) is 21.6. The molecule has 0 saturated carbocycles. The number of carboxylic acids is 2. The number of carbonyl (C=O) groups excluding carboxylic acids is 2.